The van der Waals surface area contributed by atoms with Gasteiger partial charge in [0.25, 0.3) is 5.91 Å². The molecule has 1 fully saturated rings. The Kier molecular flexibility index (Phi) is 7.73. The standard InChI is InChI=1S/C31H35N3O6/c1-32-29(20-10-12-21(37-2)13-11-20)28(22-18-26(39-4)27(40-5)19-23(22)30(32)35)31(36)34-16-14-33(15-17-34)24-8-6-7-9-25(24)38-3/h6-13,18-19,28-29H,14-17H2,1-5H3/t28-,29+/m0/s1. The fourth-order valence-electron chi connectivity index (χ4n) is 5.79. The molecular formula is C31H35N3O6. The Labute approximate surface area is 234 Å². The van der Waals surface area contributed by atoms with Crippen molar-refractivity contribution in [3.05, 3.63) is 77.4 Å². The van der Waals surface area contributed by atoms with Crippen molar-refractivity contribution < 1.29 is 28.5 Å². The summed E-state index contributed by atoms with van der Waals surface area (Å²) in [7, 11) is 8.11. The number of anilines is 1. The normalized spacial score (nSPS) is 18.7. The van der Waals surface area contributed by atoms with Gasteiger partial charge in [0.15, 0.2) is 11.5 Å². The fourth-order valence-corrected chi connectivity index (χ4v) is 5.79. The Morgan fingerprint density at radius 1 is 0.775 bits per heavy atom. The molecule has 3 aromatic carbocycles. The molecule has 2 atom stereocenters. The van der Waals surface area contributed by atoms with Gasteiger partial charge in [-0.05, 0) is 47.5 Å². The van der Waals surface area contributed by atoms with Gasteiger partial charge in [0.1, 0.15) is 11.5 Å². The number of para-hydroxylation sites is 2. The molecule has 3 aromatic rings. The molecule has 2 heterocycles. The van der Waals surface area contributed by atoms with Gasteiger partial charge in [-0.2, -0.15) is 0 Å². The lowest BCUT2D eigenvalue weighted by molar-refractivity contribution is -0.134. The van der Waals surface area contributed by atoms with Crippen molar-refractivity contribution in [1.29, 1.82) is 0 Å². The Bertz CT molecular complexity index is 1380. The Morgan fingerprint density at radius 3 is 2.02 bits per heavy atom. The summed E-state index contributed by atoms with van der Waals surface area (Å²) >= 11 is 0. The van der Waals surface area contributed by atoms with Crippen LogP contribution in [0.2, 0.25) is 0 Å². The smallest absolute Gasteiger partial charge is 0.254 e. The molecule has 0 N–H and O–H groups in total. The molecule has 5 rings (SSSR count). The monoisotopic (exact) mass is 545 g/mol. The minimum atomic E-state index is -0.635. The van der Waals surface area contributed by atoms with Crippen LogP contribution in [0.15, 0.2) is 60.7 Å². The number of piperazine rings is 1. The number of rotatable bonds is 7. The van der Waals surface area contributed by atoms with Crippen LogP contribution in [0.3, 0.4) is 0 Å². The van der Waals surface area contributed by atoms with E-state index in [-0.39, 0.29) is 11.8 Å². The van der Waals surface area contributed by atoms with Gasteiger partial charge >= 0.3 is 0 Å². The quantitative estimate of drug-likeness (QED) is 0.444. The van der Waals surface area contributed by atoms with E-state index in [0.29, 0.717) is 54.6 Å². The Morgan fingerprint density at radius 2 is 1.40 bits per heavy atom. The minimum Gasteiger partial charge on any atom is -0.497 e. The average molecular weight is 546 g/mol. The number of likely N-dealkylation sites (N-methyl/N-ethyl adjacent to an activating group) is 1. The lowest BCUT2D eigenvalue weighted by Gasteiger charge is -2.43. The summed E-state index contributed by atoms with van der Waals surface area (Å²) < 4.78 is 22.0. The SMILES string of the molecule is COc1ccc([C@@H]2[C@@H](C(=O)N3CCN(c4ccccc4OC)CC3)c3cc(OC)c(OC)cc3C(=O)N2C)cc1. The summed E-state index contributed by atoms with van der Waals surface area (Å²) in [6.07, 6.45) is 0. The molecule has 1 saturated heterocycles. The maximum Gasteiger partial charge on any atom is 0.254 e. The van der Waals surface area contributed by atoms with Crippen molar-refractivity contribution >= 4 is 17.5 Å². The number of fused-ring (bicyclic) bond motifs is 1. The highest BCUT2D eigenvalue weighted by molar-refractivity contribution is 6.02. The van der Waals surface area contributed by atoms with Crippen LogP contribution in [0, 0.1) is 0 Å². The summed E-state index contributed by atoms with van der Waals surface area (Å²) in [6.45, 7) is 2.42. The van der Waals surface area contributed by atoms with E-state index >= 15 is 0 Å². The van der Waals surface area contributed by atoms with Crippen LogP contribution in [-0.2, 0) is 4.79 Å². The van der Waals surface area contributed by atoms with Gasteiger partial charge < -0.3 is 33.6 Å². The number of hydrogen-bond donors (Lipinski definition) is 0. The maximum absolute atomic E-state index is 14.4. The second-order valence-electron chi connectivity index (χ2n) is 9.89. The molecule has 2 amide bonds. The lowest BCUT2D eigenvalue weighted by atomic mass is 9.78. The topological polar surface area (TPSA) is 80.8 Å². The molecule has 0 bridgehead atoms. The van der Waals surface area contributed by atoms with Crippen LogP contribution < -0.4 is 23.8 Å². The molecular weight excluding hydrogens is 510 g/mol. The van der Waals surface area contributed by atoms with Crippen LogP contribution >= 0.6 is 0 Å². The molecule has 0 aromatic heterocycles. The summed E-state index contributed by atoms with van der Waals surface area (Å²) in [5, 5.41) is 0. The first kappa shape index (κ1) is 27.2. The first-order valence-electron chi connectivity index (χ1n) is 13.3. The minimum absolute atomic E-state index is 0.0340. The number of amides is 2. The van der Waals surface area contributed by atoms with Crippen molar-refractivity contribution in [2.24, 2.45) is 0 Å². The molecule has 0 radical (unpaired) electrons. The number of ether oxygens (including phenoxy) is 4. The van der Waals surface area contributed by atoms with E-state index in [1.165, 1.54) is 7.11 Å². The van der Waals surface area contributed by atoms with Gasteiger partial charge in [-0.15, -0.1) is 0 Å². The predicted molar refractivity (Wildman–Crippen MR) is 152 cm³/mol. The zero-order valence-electron chi connectivity index (χ0n) is 23.5. The summed E-state index contributed by atoms with van der Waals surface area (Å²) in [5.74, 6) is 1.59. The number of benzene rings is 3. The molecule has 210 valence electrons. The highest BCUT2D eigenvalue weighted by atomic mass is 16.5. The second kappa shape index (κ2) is 11.4. The van der Waals surface area contributed by atoms with Crippen molar-refractivity contribution in [3.63, 3.8) is 0 Å². The van der Waals surface area contributed by atoms with Crippen LogP contribution in [0.5, 0.6) is 23.0 Å². The molecule has 9 heteroatoms. The third-order valence-corrected chi connectivity index (χ3v) is 7.92. The zero-order chi connectivity index (χ0) is 28.4. The van der Waals surface area contributed by atoms with E-state index in [0.717, 1.165) is 17.0 Å². The average Bonchev–Trinajstić information content (AvgIpc) is 3.01. The van der Waals surface area contributed by atoms with Crippen LogP contribution in [-0.4, -0.2) is 83.3 Å². The molecule has 0 aliphatic carbocycles. The first-order valence-corrected chi connectivity index (χ1v) is 13.3. The van der Waals surface area contributed by atoms with E-state index in [9.17, 15) is 9.59 Å². The van der Waals surface area contributed by atoms with Crippen molar-refractivity contribution in [2.75, 3.05) is 66.6 Å². The molecule has 0 saturated carbocycles. The molecule has 0 unspecified atom stereocenters. The highest BCUT2D eigenvalue weighted by Crippen LogP contribution is 2.46. The van der Waals surface area contributed by atoms with Crippen LogP contribution in [0.1, 0.15) is 33.4 Å². The van der Waals surface area contributed by atoms with Crippen molar-refractivity contribution in [1.82, 2.24) is 9.80 Å². The number of carbonyl (C=O) groups excluding carboxylic acids is 2. The third-order valence-electron chi connectivity index (χ3n) is 7.92. The fraction of sp³-hybridized carbons (Fsp3) is 0.355. The summed E-state index contributed by atoms with van der Waals surface area (Å²) in [5.41, 5.74) is 2.94. The third kappa shape index (κ3) is 4.76. The van der Waals surface area contributed by atoms with Gasteiger partial charge in [0, 0.05) is 38.8 Å². The first-order chi connectivity index (χ1) is 19.4. The number of carbonyl (C=O) groups is 2. The largest absolute Gasteiger partial charge is 0.497 e. The van der Waals surface area contributed by atoms with Crippen LogP contribution in [0.25, 0.3) is 0 Å². The van der Waals surface area contributed by atoms with Crippen molar-refractivity contribution in [3.8, 4) is 23.0 Å². The highest BCUT2D eigenvalue weighted by Gasteiger charge is 2.45. The van der Waals surface area contributed by atoms with E-state index in [1.54, 1.807) is 45.4 Å². The molecule has 2 aliphatic rings. The van der Waals surface area contributed by atoms with Gasteiger partial charge in [0.2, 0.25) is 5.91 Å². The van der Waals surface area contributed by atoms with Crippen LogP contribution in [0.4, 0.5) is 5.69 Å². The zero-order valence-corrected chi connectivity index (χ0v) is 23.5. The molecule has 2 aliphatic heterocycles. The van der Waals surface area contributed by atoms with E-state index in [1.807, 2.05) is 53.4 Å². The number of hydrogen-bond acceptors (Lipinski definition) is 7. The molecule has 9 nitrogen and oxygen atoms in total. The van der Waals surface area contributed by atoms with Gasteiger partial charge in [0.05, 0.1) is 46.1 Å². The van der Waals surface area contributed by atoms with Gasteiger partial charge in [-0.25, -0.2) is 0 Å². The summed E-state index contributed by atoms with van der Waals surface area (Å²) in [4.78, 5) is 33.9. The Hall–Kier alpha value is -4.40. The second-order valence-corrected chi connectivity index (χ2v) is 9.89. The van der Waals surface area contributed by atoms with Crippen molar-refractivity contribution in [2.45, 2.75) is 12.0 Å². The molecule has 0 spiro atoms. The van der Waals surface area contributed by atoms with Gasteiger partial charge in [-0.1, -0.05) is 24.3 Å². The van der Waals surface area contributed by atoms with E-state index in [4.69, 9.17) is 18.9 Å². The lowest BCUT2D eigenvalue weighted by Crippen LogP contribution is -2.53. The number of methoxy groups -OCH3 is 4. The number of nitrogens with zero attached hydrogens (tertiary/aromatic N) is 3. The summed E-state index contributed by atoms with van der Waals surface area (Å²) in [6, 6.07) is 18.4. The maximum atomic E-state index is 14.4. The van der Waals surface area contributed by atoms with Gasteiger partial charge in [-0.3, -0.25) is 9.59 Å². The Balaban J connectivity index is 1.52. The predicted octanol–water partition coefficient (Wildman–Crippen LogP) is 3.98. The molecule has 40 heavy (non-hydrogen) atoms. The van der Waals surface area contributed by atoms with E-state index in [2.05, 4.69) is 4.90 Å². The van der Waals surface area contributed by atoms with E-state index < -0.39 is 12.0 Å².